The Morgan fingerprint density at radius 1 is 1.07 bits per heavy atom. The quantitative estimate of drug-likeness (QED) is 0.629. The van der Waals surface area contributed by atoms with Crippen LogP contribution in [0.25, 0.3) is 0 Å². The summed E-state index contributed by atoms with van der Waals surface area (Å²) in [7, 11) is 0. The van der Waals surface area contributed by atoms with Gasteiger partial charge in [0.15, 0.2) is 0 Å². The highest BCUT2D eigenvalue weighted by Gasteiger charge is 1.95. The van der Waals surface area contributed by atoms with Crippen LogP contribution in [0.3, 0.4) is 0 Å². The van der Waals surface area contributed by atoms with Crippen molar-refractivity contribution < 1.29 is 0 Å². The molecule has 1 radical (unpaired) electrons. The summed E-state index contributed by atoms with van der Waals surface area (Å²) in [4.78, 5) is 0. The summed E-state index contributed by atoms with van der Waals surface area (Å²) in [6.45, 7) is 6.12. The Balaban J connectivity index is 2.50. The lowest BCUT2D eigenvalue weighted by Gasteiger charge is -2.04. The van der Waals surface area contributed by atoms with Crippen molar-refractivity contribution in [2.24, 2.45) is 0 Å². The Labute approximate surface area is 88.4 Å². The van der Waals surface area contributed by atoms with Gasteiger partial charge in [0, 0.05) is 0 Å². The summed E-state index contributed by atoms with van der Waals surface area (Å²) in [5, 5.41) is 0. The van der Waals surface area contributed by atoms with E-state index in [1.165, 1.54) is 43.2 Å². The van der Waals surface area contributed by atoms with Crippen LogP contribution >= 0.6 is 0 Å². The zero-order valence-electron chi connectivity index (χ0n) is 9.26. The second-order valence-electron chi connectivity index (χ2n) is 3.88. The highest BCUT2D eigenvalue weighted by atomic mass is 14.0. The van der Waals surface area contributed by atoms with Gasteiger partial charge in [-0.3, -0.25) is 0 Å². The van der Waals surface area contributed by atoms with Gasteiger partial charge in [0.05, 0.1) is 0 Å². The maximum atomic E-state index is 3.87. The Morgan fingerprint density at radius 2 is 1.71 bits per heavy atom. The molecule has 0 heteroatoms. The molecule has 14 heavy (non-hydrogen) atoms. The van der Waals surface area contributed by atoms with Crippen molar-refractivity contribution in [3.8, 4) is 0 Å². The third-order valence-electron chi connectivity index (χ3n) is 2.53. The molecule has 0 aliphatic heterocycles. The summed E-state index contributed by atoms with van der Waals surface area (Å²) in [5.74, 6) is 0. The summed E-state index contributed by atoms with van der Waals surface area (Å²) in [6, 6.07) is 9.00. The minimum absolute atomic E-state index is 1.04. The lowest BCUT2D eigenvalue weighted by atomic mass is 10.0. The largest absolute Gasteiger partial charge is 0.0654 e. The molecule has 0 nitrogen and oxygen atoms in total. The van der Waals surface area contributed by atoms with E-state index >= 15 is 0 Å². The fraction of sp³-hybridized carbons (Fsp3) is 0.500. The molecular weight excluding hydrogens is 168 g/mol. The molecule has 0 saturated heterocycles. The maximum absolute atomic E-state index is 3.87. The summed E-state index contributed by atoms with van der Waals surface area (Å²) in [5.41, 5.74) is 2.97. The lowest BCUT2D eigenvalue weighted by Crippen LogP contribution is -1.89. The van der Waals surface area contributed by atoms with Gasteiger partial charge in [0.2, 0.25) is 0 Å². The third kappa shape index (κ3) is 3.95. The van der Waals surface area contributed by atoms with Gasteiger partial charge in [-0.2, -0.15) is 0 Å². The zero-order chi connectivity index (χ0) is 10.2. The topological polar surface area (TPSA) is 0 Å². The number of benzene rings is 1. The van der Waals surface area contributed by atoms with Crippen molar-refractivity contribution in [3.63, 3.8) is 0 Å². The van der Waals surface area contributed by atoms with Gasteiger partial charge in [-0.25, -0.2) is 0 Å². The van der Waals surface area contributed by atoms with Crippen LogP contribution in [-0.2, 0) is 12.8 Å². The minimum atomic E-state index is 1.04. The number of hydrogen-bond donors (Lipinski definition) is 0. The van der Waals surface area contributed by atoms with Crippen molar-refractivity contribution in [1.29, 1.82) is 0 Å². The van der Waals surface area contributed by atoms with Crippen LogP contribution in [0, 0.1) is 6.92 Å². The predicted octanol–water partition coefficient (Wildman–Crippen LogP) is 4.19. The van der Waals surface area contributed by atoms with Gasteiger partial charge in [-0.05, 0) is 36.8 Å². The Hall–Kier alpha value is -0.780. The van der Waals surface area contributed by atoms with Crippen LogP contribution in [0.15, 0.2) is 24.3 Å². The van der Waals surface area contributed by atoms with Gasteiger partial charge in [-0.1, -0.05) is 51.0 Å². The van der Waals surface area contributed by atoms with E-state index in [1.54, 1.807) is 0 Å². The smallest absolute Gasteiger partial charge is 0.0279 e. The van der Waals surface area contributed by atoms with E-state index in [4.69, 9.17) is 0 Å². The molecule has 77 valence electrons. The number of hydrogen-bond acceptors (Lipinski definition) is 0. The van der Waals surface area contributed by atoms with Crippen LogP contribution < -0.4 is 0 Å². The molecule has 0 N–H and O–H groups in total. The molecule has 0 heterocycles. The highest BCUT2D eigenvalue weighted by Crippen LogP contribution is 2.10. The molecule has 0 bridgehead atoms. The first-order chi connectivity index (χ1) is 6.86. The van der Waals surface area contributed by atoms with Crippen LogP contribution in [0.2, 0.25) is 0 Å². The summed E-state index contributed by atoms with van der Waals surface area (Å²) in [6.07, 6.45) is 7.25. The molecule has 0 atom stereocenters. The van der Waals surface area contributed by atoms with Crippen LogP contribution in [0.1, 0.15) is 43.7 Å². The van der Waals surface area contributed by atoms with Crippen LogP contribution in [0.4, 0.5) is 0 Å². The molecule has 0 fully saturated rings. The molecule has 0 aliphatic carbocycles. The molecule has 1 aromatic carbocycles. The second-order valence-corrected chi connectivity index (χ2v) is 3.88. The minimum Gasteiger partial charge on any atom is -0.0654 e. The molecule has 0 spiro atoms. The molecule has 0 aromatic heterocycles. The molecule has 0 aliphatic rings. The average molecular weight is 189 g/mol. The Morgan fingerprint density at radius 3 is 2.29 bits per heavy atom. The highest BCUT2D eigenvalue weighted by molar-refractivity contribution is 5.23. The van der Waals surface area contributed by atoms with E-state index < -0.39 is 0 Å². The van der Waals surface area contributed by atoms with E-state index in [9.17, 15) is 0 Å². The molecule has 1 aromatic rings. The normalized spacial score (nSPS) is 10.4. The van der Waals surface area contributed by atoms with Gasteiger partial charge in [0.1, 0.15) is 0 Å². The zero-order valence-corrected chi connectivity index (χ0v) is 9.26. The van der Waals surface area contributed by atoms with Crippen molar-refractivity contribution in [2.75, 3.05) is 0 Å². The number of rotatable bonds is 6. The van der Waals surface area contributed by atoms with Gasteiger partial charge >= 0.3 is 0 Å². The molecule has 1 rings (SSSR count). The van der Waals surface area contributed by atoms with Gasteiger partial charge in [-0.15, -0.1) is 0 Å². The van der Waals surface area contributed by atoms with Crippen LogP contribution in [-0.4, -0.2) is 0 Å². The van der Waals surface area contributed by atoms with E-state index in [2.05, 4.69) is 38.1 Å². The maximum Gasteiger partial charge on any atom is -0.0279 e. The fourth-order valence-corrected chi connectivity index (χ4v) is 1.65. The first-order valence-corrected chi connectivity index (χ1v) is 5.74. The fourth-order valence-electron chi connectivity index (χ4n) is 1.65. The van der Waals surface area contributed by atoms with Gasteiger partial charge in [0.25, 0.3) is 0 Å². The Kier molecular flexibility index (Phi) is 5.36. The second kappa shape index (κ2) is 6.64. The molecule has 0 amide bonds. The standard InChI is InChI=1S/C14H21/c1-3-5-8-13-10-7-11-14(12-13)9-6-4-2/h7,10-12H,1,3-6,8-9H2,2H3. The summed E-state index contributed by atoms with van der Waals surface area (Å²) >= 11 is 0. The van der Waals surface area contributed by atoms with Crippen molar-refractivity contribution in [1.82, 2.24) is 0 Å². The first-order valence-electron chi connectivity index (χ1n) is 5.74. The average Bonchev–Trinajstić information content (AvgIpc) is 2.24. The van der Waals surface area contributed by atoms with Gasteiger partial charge < -0.3 is 0 Å². The van der Waals surface area contributed by atoms with Crippen molar-refractivity contribution >= 4 is 0 Å². The van der Waals surface area contributed by atoms with Crippen LogP contribution in [0.5, 0.6) is 0 Å². The molecular formula is C14H21. The van der Waals surface area contributed by atoms with E-state index in [1.807, 2.05) is 0 Å². The van der Waals surface area contributed by atoms with Crippen molar-refractivity contribution in [3.05, 3.63) is 42.3 Å². The predicted molar refractivity (Wildman–Crippen MR) is 63.3 cm³/mol. The summed E-state index contributed by atoms with van der Waals surface area (Å²) < 4.78 is 0. The number of aryl methyl sites for hydroxylation is 2. The first kappa shape index (κ1) is 11.3. The van der Waals surface area contributed by atoms with E-state index in [0.717, 1.165) is 6.42 Å². The SMILES string of the molecule is [CH2]CCCc1cccc(CCCC)c1. The molecule has 0 unspecified atom stereocenters. The van der Waals surface area contributed by atoms with E-state index in [0.29, 0.717) is 0 Å². The van der Waals surface area contributed by atoms with E-state index in [-0.39, 0.29) is 0 Å². The third-order valence-corrected chi connectivity index (χ3v) is 2.53. The Bertz CT molecular complexity index is 227. The lowest BCUT2D eigenvalue weighted by molar-refractivity contribution is 0.790. The number of unbranched alkanes of at least 4 members (excludes halogenated alkanes) is 2. The monoisotopic (exact) mass is 189 g/mol. The van der Waals surface area contributed by atoms with Crippen molar-refractivity contribution in [2.45, 2.75) is 45.4 Å². The molecule has 0 saturated carbocycles.